The summed E-state index contributed by atoms with van der Waals surface area (Å²) in [6.07, 6.45) is 3.03. The molecule has 3 nitrogen and oxygen atoms in total. The lowest BCUT2D eigenvalue weighted by Crippen LogP contribution is -2.00. The molecule has 62 valence electrons. The van der Waals surface area contributed by atoms with Crippen molar-refractivity contribution < 1.29 is 14.9 Å². The Balaban J connectivity index is 0. The van der Waals surface area contributed by atoms with Crippen LogP contribution in [0.15, 0.2) is 0 Å². The maximum Gasteiger partial charge on any atom is 0.342 e. The smallest absolute Gasteiger partial charge is 0.301 e. The van der Waals surface area contributed by atoms with Gasteiger partial charge in [-0.2, -0.15) is 17.0 Å². The van der Waals surface area contributed by atoms with Gasteiger partial charge in [0.2, 0.25) is 0 Å². The molecule has 0 spiro atoms. The Bertz CT molecular complexity index is 89.0. The highest BCUT2D eigenvalue weighted by atomic mass is 35.5. The van der Waals surface area contributed by atoms with Gasteiger partial charge in [-0.25, -0.2) is 4.79 Å². The van der Waals surface area contributed by atoms with Gasteiger partial charge in [0.1, 0.15) is 0 Å². The third-order valence-electron chi connectivity index (χ3n) is 0.831. The zero-order valence-corrected chi connectivity index (χ0v) is 7.33. The van der Waals surface area contributed by atoms with Crippen molar-refractivity contribution in [1.29, 1.82) is 0 Å². The minimum absolute atomic E-state index is 0. The Hall–Kier alpha value is 0.0700. The Kier molecular flexibility index (Phi) is 11.5. The van der Waals surface area contributed by atoms with E-state index in [4.69, 9.17) is 5.26 Å². The molecule has 0 saturated carbocycles. The molecule has 0 amide bonds. The zero-order chi connectivity index (χ0) is 7.11. The minimum atomic E-state index is -0.552. The first kappa shape index (κ1) is 12.7. The summed E-state index contributed by atoms with van der Waals surface area (Å²) in [7, 11) is 0. The van der Waals surface area contributed by atoms with Gasteiger partial charge in [-0.05, 0) is 18.4 Å². The lowest BCUT2D eigenvalue weighted by Gasteiger charge is -1.93. The number of thioether (sulfide) groups is 1. The van der Waals surface area contributed by atoms with Crippen molar-refractivity contribution in [1.82, 2.24) is 0 Å². The molecule has 0 aliphatic carbocycles. The molecule has 0 radical (unpaired) electrons. The summed E-state index contributed by atoms with van der Waals surface area (Å²) < 4.78 is 0. The molecule has 0 bridgehead atoms. The summed E-state index contributed by atoms with van der Waals surface area (Å²) in [6, 6.07) is 0. The Morgan fingerprint density at radius 2 is 2.30 bits per heavy atom. The van der Waals surface area contributed by atoms with E-state index in [1.54, 1.807) is 11.8 Å². The summed E-state index contributed by atoms with van der Waals surface area (Å²) >= 11 is 1.66. The number of hydrogen-bond donors (Lipinski definition) is 1. The second-order valence-corrected chi connectivity index (χ2v) is 2.55. The molecule has 0 rings (SSSR count). The van der Waals surface area contributed by atoms with Crippen molar-refractivity contribution in [3.63, 3.8) is 0 Å². The number of halogens is 1. The van der Waals surface area contributed by atoms with Crippen LogP contribution in [0.2, 0.25) is 0 Å². The first-order valence-corrected chi connectivity index (χ1v) is 4.04. The van der Waals surface area contributed by atoms with Crippen molar-refractivity contribution in [2.24, 2.45) is 0 Å². The van der Waals surface area contributed by atoms with Gasteiger partial charge < -0.3 is 4.89 Å². The van der Waals surface area contributed by atoms with Gasteiger partial charge in [0.25, 0.3) is 0 Å². The first-order chi connectivity index (χ1) is 4.31. The fraction of sp³-hybridized carbons (Fsp3) is 0.800. The van der Waals surface area contributed by atoms with E-state index in [1.807, 2.05) is 6.26 Å². The van der Waals surface area contributed by atoms with Crippen LogP contribution < -0.4 is 0 Å². The first-order valence-electron chi connectivity index (χ1n) is 2.64. The summed E-state index contributed by atoms with van der Waals surface area (Å²) in [5, 5.41) is 7.78. The average molecular weight is 187 g/mol. The van der Waals surface area contributed by atoms with Crippen molar-refractivity contribution in [3.05, 3.63) is 0 Å². The molecular formula is C5H11ClO3S. The molecule has 5 heteroatoms. The predicted octanol–water partition coefficient (Wildman–Crippen LogP) is 1.57. The largest absolute Gasteiger partial charge is 0.342 e. The van der Waals surface area contributed by atoms with Crippen molar-refractivity contribution in [2.45, 2.75) is 12.8 Å². The highest BCUT2D eigenvalue weighted by Gasteiger charge is 1.98. The van der Waals surface area contributed by atoms with Gasteiger partial charge in [-0.1, -0.05) is 0 Å². The summed E-state index contributed by atoms with van der Waals surface area (Å²) in [5.74, 6) is 0.374. The molecule has 0 unspecified atom stereocenters. The van der Waals surface area contributed by atoms with Crippen LogP contribution in [0.25, 0.3) is 0 Å². The van der Waals surface area contributed by atoms with E-state index >= 15 is 0 Å². The van der Waals surface area contributed by atoms with Gasteiger partial charge in [-0.15, -0.1) is 12.4 Å². The Morgan fingerprint density at radius 3 is 2.70 bits per heavy atom. The van der Waals surface area contributed by atoms with Gasteiger partial charge in [0, 0.05) is 6.42 Å². The summed E-state index contributed by atoms with van der Waals surface area (Å²) in [5.41, 5.74) is 0. The fourth-order valence-corrected chi connectivity index (χ4v) is 0.840. The van der Waals surface area contributed by atoms with Crippen LogP contribution in [0.5, 0.6) is 0 Å². The van der Waals surface area contributed by atoms with E-state index in [1.165, 1.54) is 0 Å². The van der Waals surface area contributed by atoms with Crippen molar-refractivity contribution in [3.8, 4) is 0 Å². The van der Waals surface area contributed by atoms with E-state index in [9.17, 15) is 4.79 Å². The van der Waals surface area contributed by atoms with Crippen LogP contribution >= 0.6 is 24.2 Å². The maximum atomic E-state index is 10.2. The second-order valence-electron chi connectivity index (χ2n) is 1.56. The normalized spacial score (nSPS) is 8.20. The SMILES string of the molecule is CSCCCC(=O)OO.Cl. The molecule has 0 fully saturated rings. The lowest BCUT2D eigenvalue weighted by molar-refractivity contribution is -0.234. The van der Waals surface area contributed by atoms with E-state index in [0.717, 1.165) is 12.2 Å². The van der Waals surface area contributed by atoms with Gasteiger partial charge in [0.15, 0.2) is 0 Å². The molecule has 0 atom stereocenters. The molecule has 0 heterocycles. The van der Waals surface area contributed by atoms with E-state index in [-0.39, 0.29) is 12.4 Å². The maximum absolute atomic E-state index is 10.2. The molecule has 0 aliphatic heterocycles. The second kappa shape index (κ2) is 9.07. The molecule has 0 saturated heterocycles. The fourth-order valence-electron chi connectivity index (χ4n) is 0.406. The minimum Gasteiger partial charge on any atom is -0.301 e. The van der Waals surface area contributed by atoms with Crippen LogP contribution in [0, 0.1) is 0 Å². The Morgan fingerprint density at radius 1 is 1.70 bits per heavy atom. The molecule has 10 heavy (non-hydrogen) atoms. The van der Waals surface area contributed by atoms with E-state index < -0.39 is 5.97 Å². The van der Waals surface area contributed by atoms with Crippen LogP contribution in [0.4, 0.5) is 0 Å². The van der Waals surface area contributed by atoms with Crippen LogP contribution in [-0.2, 0) is 9.68 Å². The average Bonchev–Trinajstić information content (AvgIpc) is 1.89. The van der Waals surface area contributed by atoms with Gasteiger partial charge in [-0.3, -0.25) is 0 Å². The lowest BCUT2D eigenvalue weighted by atomic mass is 10.3. The molecule has 1 N–H and O–H groups in total. The molecule has 0 aromatic carbocycles. The number of hydrogen-bond acceptors (Lipinski definition) is 4. The molecule has 0 aliphatic rings. The van der Waals surface area contributed by atoms with Crippen LogP contribution in [0.1, 0.15) is 12.8 Å². The van der Waals surface area contributed by atoms with Crippen molar-refractivity contribution in [2.75, 3.05) is 12.0 Å². The number of carbonyl (C=O) groups excluding carboxylic acids is 1. The molecular weight excluding hydrogens is 176 g/mol. The number of rotatable bonds is 4. The topological polar surface area (TPSA) is 46.5 Å². The molecule has 0 aromatic heterocycles. The summed E-state index contributed by atoms with van der Waals surface area (Å²) in [6.45, 7) is 0. The third-order valence-corrected chi connectivity index (χ3v) is 1.53. The monoisotopic (exact) mass is 186 g/mol. The van der Waals surface area contributed by atoms with Gasteiger partial charge in [0.05, 0.1) is 0 Å². The quantitative estimate of drug-likeness (QED) is 0.411. The zero-order valence-electron chi connectivity index (χ0n) is 5.70. The van der Waals surface area contributed by atoms with Gasteiger partial charge >= 0.3 is 5.97 Å². The predicted molar refractivity (Wildman–Crippen MR) is 43.6 cm³/mol. The summed E-state index contributed by atoms with van der Waals surface area (Å²) in [4.78, 5) is 13.7. The Labute approximate surface area is 70.5 Å². The molecule has 0 aromatic rings. The highest BCUT2D eigenvalue weighted by Crippen LogP contribution is 1.99. The third kappa shape index (κ3) is 8.07. The van der Waals surface area contributed by atoms with Crippen LogP contribution in [-0.4, -0.2) is 23.2 Å². The van der Waals surface area contributed by atoms with E-state index in [2.05, 4.69) is 4.89 Å². The van der Waals surface area contributed by atoms with Crippen molar-refractivity contribution >= 4 is 30.1 Å². The number of carbonyl (C=O) groups is 1. The van der Waals surface area contributed by atoms with E-state index in [0.29, 0.717) is 6.42 Å². The van der Waals surface area contributed by atoms with Crippen LogP contribution in [0.3, 0.4) is 0 Å². The highest BCUT2D eigenvalue weighted by molar-refractivity contribution is 7.98. The standard InChI is InChI=1S/C5H10O3S.ClH/c1-9-4-2-3-5(6)8-7;/h7H,2-4H2,1H3;1H.